The predicted octanol–water partition coefficient (Wildman–Crippen LogP) is 4.15. The van der Waals surface area contributed by atoms with Crippen LogP contribution < -0.4 is 5.73 Å². The fourth-order valence-electron chi connectivity index (χ4n) is 2.72. The molecule has 0 unspecified atom stereocenters. The van der Waals surface area contributed by atoms with E-state index in [9.17, 15) is 9.59 Å². The number of primary amides is 1. The minimum atomic E-state index is -0.564. The number of hydrogen-bond acceptors (Lipinski definition) is 2. The molecule has 0 saturated carbocycles. The monoisotopic (exact) mass is 390 g/mol. The zero-order chi connectivity index (χ0) is 16.7. The van der Waals surface area contributed by atoms with Crippen LogP contribution in [0.15, 0.2) is 46.9 Å². The van der Waals surface area contributed by atoms with E-state index in [-0.39, 0.29) is 5.91 Å². The Hall–Kier alpha value is -2.11. The van der Waals surface area contributed by atoms with E-state index in [0.29, 0.717) is 32.7 Å². The van der Waals surface area contributed by atoms with Crippen LogP contribution in [0.25, 0.3) is 10.9 Å². The summed E-state index contributed by atoms with van der Waals surface area (Å²) in [4.78, 5) is 24.8. The van der Waals surface area contributed by atoms with Crippen molar-refractivity contribution < 1.29 is 9.59 Å². The van der Waals surface area contributed by atoms with Gasteiger partial charge in [0.1, 0.15) is 0 Å². The summed E-state index contributed by atoms with van der Waals surface area (Å²) in [5.74, 6) is -0.872. The van der Waals surface area contributed by atoms with Gasteiger partial charge in [-0.15, -0.1) is 0 Å². The molecular formula is C17H12BrClN2O2. The molecule has 0 fully saturated rings. The third-order valence-electron chi connectivity index (χ3n) is 3.72. The van der Waals surface area contributed by atoms with Crippen LogP contribution in [0.4, 0.5) is 0 Å². The Balaban J connectivity index is 2.32. The lowest BCUT2D eigenvalue weighted by atomic mass is 10.1. The minimum Gasteiger partial charge on any atom is -0.366 e. The Labute approximate surface area is 146 Å². The van der Waals surface area contributed by atoms with Crippen LogP contribution in [0.3, 0.4) is 0 Å². The molecule has 0 bridgehead atoms. The highest BCUT2D eigenvalue weighted by Crippen LogP contribution is 2.29. The number of benzene rings is 2. The Kier molecular flexibility index (Phi) is 4.00. The summed E-state index contributed by atoms with van der Waals surface area (Å²) < 4.78 is 2.22. The van der Waals surface area contributed by atoms with E-state index < -0.39 is 5.91 Å². The third kappa shape index (κ3) is 2.56. The molecule has 2 N–H and O–H groups in total. The van der Waals surface area contributed by atoms with Gasteiger partial charge in [0.15, 0.2) is 0 Å². The number of hydrogen-bond donors (Lipinski definition) is 1. The maximum Gasteiger partial charge on any atom is 0.264 e. The Bertz CT molecular complexity index is 963. The van der Waals surface area contributed by atoms with E-state index >= 15 is 0 Å². The number of halogens is 2. The highest BCUT2D eigenvalue weighted by molar-refractivity contribution is 9.10. The molecule has 0 aliphatic carbocycles. The second-order valence-corrected chi connectivity index (χ2v) is 6.43. The summed E-state index contributed by atoms with van der Waals surface area (Å²) >= 11 is 9.51. The summed E-state index contributed by atoms with van der Waals surface area (Å²) in [5, 5.41) is 0.993. The Morgan fingerprint density at radius 2 is 1.87 bits per heavy atom. The van der Waals surface area contributed by atoms with Crippen molar-refractivity contribution in [3.8, 4) is 0 Å². The average Bonchev–Trinajstić information content (AvgIpc) is 2.81. The molecule has 0 aliphatic rings. The molecule has 0 spiro atoms. The SMILES string of the molecule is Cc1c(C(N)=O)c2ccccc2n1C(=O)c1cc(Br)ccc1Cl. The van der Waals surface area contributed by atoms with Gasteiger partial charge in [-0.05, 0) is 31.2 Å². The second-order valence-electron chi connectivity index (χ2n) is 5.11. The van der Waals surface area contributed by atoms with Gasteiger partial charge in [-0.2, -0.15) is 0 Å². The number of para-hydroxylation sites is 1. The first-order chi connectivity index (χ1) is 10.9. The number of fused-ring (bicyclic) bond motifs is 1. The number of amides is 1. The van der Waals surface area contributed by atoms with Crippen LogP contribution in [0, 0.1) is 6.92 Å². The molecule has 0 aliphatic heterocycles. The molecule has 6 heteroatoms. The van der Waals surface area contributed by atoms with Crippen molar-refractivity contribution >= 4 is 50.2 Å². The molecule has 1 heterocycles. The predicted molar refractivity (Wildman–Crippen MR) is 94.1 cm³/mol. The van der Waals surface area contributed by atoms with E-state index in [1.54, 1.807) is 49.4 Å². The first-order valence-electron chi connectivity index (χ1n) is 6.81. The summed E-state index contributed by atoms with van der Waals surface area (Å²) in [6.07, 6.45) is 0. The van der Waals surface area contributed by atoms with Crippen molar-refractivity contribution in [1.29, 1.82) is 0 Å². The lowest BCUT2D eigenvalue weighted by Crippen LogP contribution is -2.17. The first kappa shape index (κ1) is 15.8. The lowest BCUT2D eigenvalue weighted by Gasteiger charge is -2.09. The number of carbonyl (C=O) groups is 2. The van der Waals surface area contributed by atoms with Gasteiger partial charge in [-0.3, -0.25) is 14.2 Å². The molecule has 0 atom stereocenters. The smallest absolute Gasteiger partial charge is 0.264 e. The molecule has 23 heavy (non-hydrogen) atoms. The molecule has 116 valence electrons. The summed E-state index contributed by atoms with van der Waals surface area (Å²) in [6.45, 7) is 1.70. The van der Waals surface area contributed by atoms with Gasteiger partial charge in [0.05, 0.1) is 21.7 Å². The van der Waals surface area contributed by atoms with Gasteiger partial charge in [-0.1, -0.05) is 45.7 Å². The maximum absolute atomic E-state index is 13.0. The molecule has 0 saturated heterocycles. The normalized spacial score (nSPS) is 10.9. The Morgan fingerprint density at radius 3 is 2.57 bits per heavy atom. The molecule has 1 aromatic heterocycles. The first-order valence-corrected chi connectivity index (χ1v) is 7.98. The molecule has 1 amide bonds. The van der Waals surface area contributed by atoms with Crippen molar-refractivity contribution in [2.75, 3.05) is 0 Å². The van der Waals surface area contributed by atoms with Crippen molar-refractivity contribution in [2.45, 2.75) is 6.92 Å². The second kappa shape index (κ2) is 5.83. The van der Waals surface area contributed by atoms with E-state index in [2.05, 4.69) is 15.9 Å². The van der Waals surface area contributed by atoms with E-state index in [4.69, 9.17) is 17.3 Å². The van der Waals surface area contributed by atoms with Crippen LogP contribution in [-0.4, -0.2) is 16.4 Å². The van der Waals surface area contributed by atoms with Gasteiger partial charge in [0.25, 0.3) is 11.8 Å². The molecule has 3 aromatic rings. The summed E-state index contributed by atoms with van der Waals surface area (Å²) in [7, 11) is 0. The van der Waals surface area contributed by atoms with E-state index in [0.717, 1.165) is 4.47 Å². The third-order valence-corrected chi connectivity index (χ3v) is 4.54. The summed E-state index contributed by atoms with van der Waals surface area (Å²) in [6, 6.07) is 12.2. The number of aromatic nitrogens is 1. The fourth-order valence-corrected chi connectivity index (χ4v) is 3.28. The van der Waals surface area contributed by atoms with Crippen LogP contribution in [-0.2, 0) is 0 Å². The van der Waals surface area contributed by atoms with Gasteiger partial charge in [0.2, 0.25) is 0 Å². The van der Waals surface area contributed by atoms with Gasteiger partial charge >= 0.3 is 0 Å². The van der Waals surface area contributed by atoms with Crippen LogP contribution in [0.1, 0.15) is 26.4 Å². The Morgan fingerprint density at radius 1 is 1.17 bits per heavy atom. The summed E-state index contributed by atoms with van der Waals surface area (Å²) in [5.41, 5.74) is 7.31. The number of nitrogens with two attached hydrogens (primary N) is 1. The van der Waals surface area contributed by atoms with Crippen molar-refractivity contribution in [3.63, 3.8) is 0 Å². The largest absolute Gasteiger partial charge is 0.366 e. The van der Waals surface area contributed by atoms with Crippen LogP contribution in [0.2, 0.25) is 5.02 Å². The zero-order valence-electron chi connectivity index (χ0n) is 12.1. The fraction of sp³-hybridized carbons (Fsp3) is 0.0588. The standard InChI is InChI=1S/C17H12BrClN2O2/c1-9-15(16(20)22)11-4-2-3-5-14(11)21(9)17(23)12-8-10(18)6-7-13(12)19/h2-8H,1H3,(H2,20,22). The molecule has 0 radical (unpaired) electrons. The number of carbonyl (C=O) groups excluding carboxylic acids is 2. The molecular weight excluding hydrogens is 380 g/mol. The number of nitrogens with zero attached hydrogens (tertiary/aromatic N) is 1. The zero-order valence-corrected chi connectivity index (χ0v) is 14.5. The molecule has 4 nitrogen and oxygen atoms in total. The van der Waals surface area contributed by atoms with Crippen LogP contribution in [0.5, 0.6) is 0 Å². The van der Waals surface area contributed by atoms with Gasteiger partial charge in [0, 0.05) is 15.6 Å². The van der Waals surface area contributed by atoms with Crippen molar-refractivity contribution in [2.24, 2.45) is 5.73 Å². The van der Waals surface area contributed by atoms with E-state index in [1.165, 1.54) is 4.57 Å². The van der Waals surface area contributed by atoms with E-state index in [1.807, 2.05) is 0 Å². The molecule has 3 rings (SSSR count). The topological polar surface area (TPSA) is 65.1 Å². The maximum atomic E-state index is 13.0. The van der Waals surface area contributed by atoms with Crippen molar-refractivity contribution in [1.82, 2.24) is 4.57 Å². The van der Waals surface area contributed by atoms with Crippen LogP contribution >= 0.6 is 27.5 Å². The number of rotatable bonds is 2. The minimum absolute atomic E-state index is 0.308. The highest BCUT2D eigenvalue weighted by Gasteiger charge is 2.23. The van der Waals surface area contributed by atoms with Gasteiger partial charge < -0.3 is 5.73 Å². The average molecular weight is 392 g/mol. The highest BCUT2D eigenvalue weighted by atomic mass is 79.9. The van der Waals surface area contributed by atoms with Crippen molar-refractivity contribution in [3.05, 3.63) is 68.8 Å². The molecule has 2 aromatic carbocycles. The van der Waals surface area contributed by atoms with Gasteiger partial charge in [-0.25, -0.2) is 0 Å². The lowest BCUT2D eigenvalue weighted by molar-refractivity contribution is 0.0963. The quantitative estimate of drug-likeness (QED) is 0.713.